The Bertz CT molecular complexity index is 1010. The minimum absolute atomic E-state index is 0.202. The molecule has 1 fully saturated rings. The second kappa shape index (κ2) is 9.20. The minimum atomic E-state index is -1.20. The number of halogens is 1. The molecule has 0 saturated carbocycles. The average Bonchev–Trinajstić information content (AvgIpc) is 2.72. The van der Waals surface area contributed by atoms with E-state index in [4.69, 9.17) is 30.9 Å². The van der Waals surface area contributed by atoms with Crippen LogP contribution in [0.2, 0.25) is 5.02 Å². The zero-order valence-electron chi connectivity index (χ0n) is 17.7. The quantitative estimate of drug-likeness (QED) is 0.605. The van der Waals surface area contributed by atoms with Crippen LogP contribution >= 0.6 is 11.6 Å². The Labute approximate surface area is 187 Å². The molecule has 2 aromatic rings. The van der Waals surface area contributed by atoms with E-state index in [1.807, 2.05) is 18.2 Å². The summed E-state index contributed by atoms with van der Waals surface area (Å²) in [5.41, 5.74) is 6.15. The summed E-state index contributed by atoms with van der Waals surface area (Å²) < 4.78 is 16.2. The number of carboxylic acid groups (broad SMARTS) is 1. The summed E-state index contributed by atoms with van der Waals surface area (Å²) in [6.45, 7) is 4.73. The summed E-state index contributed by atoms with van der Waals surface area (Å²) in [5.74, 6) is 1.58. The molecule has 164 valence electrons. The summed E-state index contributed by atoms with van der Waals surface area (Å²) >= 11 is 6.11. The van der Waals surface area contributed by atoms with Crippen molar-refractivity contribution in [2.75, 3.05) is 26.7 Å². The van der Waals surface area contributed by atoms with Gasteiger partial charge in [-0.15, -0.1) is 0 Å². The van der Waals surface area contributed by atoms with Crippen LogP contribution in [0.5, 0.6) is 11.5 Å². The molecule has 1 N–H and O–H groups in total. The number of fused-ring (bicyclic) bond motifs is 1. The summed E-state index contributed by atoms with van der Waals surface area (Å²) in [5, 5.41) is 9.35. The van der Waals surface area contributed by atoms with Crippen LogP contribution in [0.1, 0.15) is 30.0 Å². The van der Waals surface area contributed by atoms with Crippen LogP contribution in [-0.4, -0.2) is 49.0 Å². The SMILES string of the molecule is COc1ccc(Cl)cc1COc1ccc2c(c1)CCC(CN1CC(OC(=O)O)C1)=C2C. The minimum Gasteiger partial charge on any atom is -0.496 e. The summed E-state index contributed by atoms with van der Waals surface area (Å²) in [7, 11) is 1.64. The molecule has 0 amide bonds. The van der Waals surface area contributed by atoms with Crippen molar-refractivity contribution in [3.63, 3.8) is 0 Å². The molecular weight excluding hydrogens is 418 g/mol. The Hall–Kier alpha value is -2.70. The first-order chi connectivity index (χ1) is 14.9. The van der Waals surface area contributed by atoms with E-state index >= 15 is 0 Å². The lowest BCUT2D eigenvalue weighted by Gasteiger charge is -2.39. The topological polar surface area (TPSA) is 68.2 Å². The van der Waals surface area contributed by atoms with Crippen molar-refractivity contribution >= 4 is 23.3 Å². The van der Waals surface area contributed by atoms with E-state index in [1.165, 1.54) is 22.3 Å². The molecule has 2 aliphatic rings. The fourth-order valence-electron chi connectivity index (χ4n) is 4.25. The number of hydrogen-bond acceptors (Lipinski definition) is 5. The van der Waals surface area contributed by atoms with E-state index in [0.29, 0.717) is 24.7 Å². The van der Waals surface area contributed by atoms with Gasteiger partial charge in [0.05, 0.1) is 7.11 Å². The first-order valence-corrected chi connectivity index (χ1v) is 10.7. The van der Waals surface area contributed by atoms with Crippen LogP contribution in [0.4, 0.5) is 4.79 Å². The van der Waals surface area contributed by atoms with Crippen LogP contribution in [0.15, 0.2) is 42.0 Å². The lowest BCUT2D eigenvalue weighted by atomic mass is 9.85. The van der Waals surface area contributed by atoms with E-state index in [0.717, 1.165) is 36.4 Å². The van der Waals surface area contributed by atoms with Crippen molar-refractivity contribution in [1.82, 2.24) is 4.90 Å². The van der Waals surface area contributed by atoms with E-state index in [1.54, 1.807) is 13.2 Å². The molecule has 0 aromatic heterocycles. The van der Waals surface area contributed by atoms with Crippen molar-refractivity contribution < 1.29 is 24.1 Å². The molecule has 0 radical (unpaired) electrons. The maximum atomic E-state index is 10.6. The van der Waals surface area contributed by atoms with Gasteiger partial charge in [0.2, 0.25) is 0 Å². The predicted molar refractivity (Wildman–Crippen MR) is 119 cm³/mol. The Kier molecular flexibility index (Phi) is 6.39. The number of ether oxygens (including phenoxy) is 3. The first-order valence-electron chi connectivity index (χ1n) is 10.3. The van der Waals surface area contributed by atoms with E-state index in [-0.39, 0.29) is 6.10 Å². The highest BCUT2D eigenvalue weighted by Gasteiger charge is 2.31. The number of carbonyl (C=O) groups is 1. The maximum Gasteiger partial charge on any atom is 0.506 e. The van der Waals surface area contributed by atoms with Crippen LogP contribution in [0, 0.1) is 0 Å². The Balaban J connectivity index is 1.40. The molecule has 31 heavy (non-hydrogen) atoms. The monoisotopic (exact) mass is 443 g/mol. The van der Waals surface area contributed by atoms with Gasteiger partial charge < -0.3 is 19.3 Å². The van der Waals surface area contributed by atoms with Gasteiger partial charge in [0.25, 0.3) is 0 Å². The fraction of sp³-hybridized carbons (Fsp3) is 0.375. The van der Waals surface area contributed by atoms with Gasteiger partial charge >= 0.3 is 6.16 Å². The highest BCUT2D eigenvalue weighted by atomic mass is 35.5. The summed E-state index contributed by atoms with van der Waals surface area (Å²) in [4.78, 5) is 12.8. The molecular formula is C24H26ClNO5. The molecule has 0 atom stereocenters. The van der Waals surface area contributed by atoms with Gasteiger partial charge in [-0.25, -0.2) is 4.79 Å². The third-order valence-corrected chi connectivity index (χ3v) is 6.18. The Morgan fingerprint density at radius 1 is 1.19 bits per heavy atom. The molecule has 0 bridgehead atoms. The number of nitrogens with zero attached hydrogens (tertiary/aromatic N) is 1. The molecule has 1 heterocycles. The van der Waals surface area contributed by atoms with Crippen molar-refractivity contribution in [1.29, 1.82) is 0 Å². The summed E-state index contributed by atoms with van der Waals surface area (Å²) in [6, 6.07) is 11.8. The second-order valence-electron chi connectivity index (χ2n) is 7.99. The third-order valence-electron chi connectivity index (χ3n) is 5.95. The van der Waals surface area contributed by atoms with Crippen LogP contribution in [-0.2, 0) is 17.8 Å². The average molecular weight is 444 g/mol. The fourth-order valence-corrected chi connectivity index (χ4v) is 4.45. The smallest absolute Gasteiger partial charge is 0.496 e. The molecule has 1 saturated heterocycles. The van der Waals surface area contributed by atoms with Crippen molar-refractivity contribution in [2.45, 2.75) is 32.5 Å². The Morgan fingerprint density at radius 3 is 2.74 bits per heavy atom. The summed E-state index contributed by atoms with van der Waals surface area (Å²) in [6.07, 6.45) is 0.555. The van der Waals surface area contributed by atoms with E-state index in [9.17, 15) is 4.79 Å². The Morgan fingerprint density at radius 2 is 2.00 bits per heavy atom. The molecule has 7 heteroatoms. The normalized spacial score (nSPS) is 16.5. The molecule has 1 aliphatic carbocycles. The lowest BCUT2D eigenvalue weighted by molar-refractivity contribution is -0.0292. The lowest BCUT2D eigenvalue weighted by Crippen LogP contribution is -2.53. The maximum absolute atomic E-state index is 10.6. The highest BCUT2D eigenvalue weighted by molar-refractivity contribution is 6.30. The van der Waals surface area contributed by atoms with E-state index in [2.05, 4.69) is 24.0 Å². The molecule has 6 nitrogen and oxygen atoms in total. The zero-order chi connectivity index (χ0) is 22.0. The van der Waals surface area contributed by atoms with Gasteiger partial charge in [-0.3, -0.25) is 4.90 Å². The van der Waals surface area contributed by atoms with Crippen molar-refractivity contribution in [3.05, 3.63) is 63.7 Å². The van der Waals surface area contributed by atoms with Gasteiger partial charge in [-0.1, -0.05) is 23.2 Å². The van der Waals surface area contributed by atoms with Crippen LogP contribution in [0.25, 0.3) is 5.57 Å². The number of benzene rings is 2. The number of hydrogen-bond donors (Lipinski definition) is 1. The molecule has 4 rings (SSSR count). The molecule has 2 aromatic carbocycles. The predicted octanol–water partition coefficient (Wildman–Crippen LogP) is 5.03. The van der Waals surface area contributed by atoms with Crippen LogP contribution in [0.3, 0.4) is 0 Å². The zero-order valence-corrected chi connectivity index (χ0v) is 18.4. The van der Waals surface area contributed by atoms with Gasteiger partial charge in [0, 0.05) is 30.2 Å². The molecule has 0 spiro atoms. The number of allylic oxidation sites excluding steroid dienone is 1. The second-order valence-corrected chi connectivity index (χ2v) is 8.43. The largest absolute Gasteiger partial charge is 0.506 e. The number of aryl methyl sites for hydroxylation is 1. The van der Waals surface area contributed by atoms with Gasteiger partial charge in [-0.2, -0.15) is 0 Å². The van der Waals surface area contributed by atoms with Crippen molar-refractivity contribution in [2.24, 2.45) is 0 Å². The van der Waals surface area contributed by atoms with Gasteiger partial charge in [-0.05, 0) is 66.8 Å². The number of rotatable bonds is 7. The first kappa shape index (κ1) is 21.5. The molecule has 1 aliphatic heterocycles. The van der Waals surface area contributed by atoms with Gasteiger partial charge in [0.1, 0.15) is 24.2 Å². The number of likely N-dealkylation sites (tertiary alicyclic amines) is 1. The molecule has 0 unspecified atom stereocenters. The number of methoxy groups -OCH3 is 1. The van der Waals surface area contributed by atoms with Crippen LogP contribution < -0.4 is 9.47 Å². The standard InChI is InChI=1S/C24H26ClNO5/c1-15-17(11-26-12-21(13-26)31-24(27)28)4-3-16-10-20(6-7-22(15)16)30-14-18-9-19(25)5-8-23(18)29-2/h5-10,21H,3-4,11-14H2,1-2H3,(H,27,28). The van der Waals surface area contributed by atoms with Gasteiger partial charge in [0.15, 0.2) is 0 Å². The highest BCUT2D eigenvalue weighted by Crippen LogP contribution is 2.35. The van der Waals surface area contributed by atoms with Crippen molar-refractivity contribution in [3.8, 4) is 11.5 Å². The van der Waals surface area contributed by atoms with E-state index < -0.39 is 6.16 Å². The third kappa shape index (κ3) is 4.97.